The smallest absolute Gasteiger partial charge is 0.224 e. The Balaban J connectivity index is 1.22. The van der Waals surface area contributed by atoms with E-state index in [0.29, 0.717) is 6.42 Å². The molecule has 1 amide bonds. The van der Waals surface area contributed by atoms with Gasteiger partial charge in [-0.3, -0.25) is 4.79 Å². The van der Waals surface area contributed by atoms with Crippen LogP contribution >= 0.6 is 11.3 Å². The van der Waals surface area contributed by atoms with Gasteiger partial charge in [-0.2, -0.15) is 10.1 Å². The Hall–Kier alpha value is -3.39. The van der Waals surface area contributed by atoms with Gasteiger partial charge in [0.1, 0.15) is 5.75 Å². The third-order valence-corrected chi connectivity index (χ3v) is 7.50. The number of hydrogen-bond acceptors (Lipinski definition) is 6. The molecule has 0 atom stereocenters. The number of anilines is 1. The van der Waals surface area contributed by atoms with Crippen LogP contribution in [0.4, 0.5) is 5.13 Å². The van der Waals surface area contributed by atoms with Gasteiger partial charge < -0.3 is 15.0 Å². The zero-order chi connectivity index (χ0) is 23.7. The summed E-state index contributed by atoms with van der Waals surface area (Å²) in [5, 5.41) is 8.95. The number of nitrogens with one attached hydrogen (secondary N) is 1. The van der Waals surface area contributed by atoms with Crippen LogP contribution < -0.4 is 15.0 Å². The van der Waals surface area contributed by atoms with E-state index >= 15 is 0 Å². The molecule has 1 aliphatic heterocycles. The van der Waals surface area contributed by atoms with Crippen molar-refractivity contribution in [2.75, 3.05) is 25.1 Å². The Bertz CT molecular complexity index is 1300. The van der Waals surface area contributed by atoms with Crippen LogP contribution in [0.15, 0.2) is 48.5 Å². The highest BCUT2D eigenvalue weighted by atomic mass is 32.1. The summed E-state index contributed by atoms with van der Waals surface area (Å²) in [7, 11) is 1.64. The number of hydrogen-bond donors (Lipinski definition) is 1. The Morgan fingerprint density at radius 3 is 2.65 bits per heavy atom. The number of amides is 1. The molecule has 0 saturated carbocycles. The number of aryl methyl sites for hydroxylation is 2. The molecule has 1 saturated heterocycles. The number of carbonyl (C=O) groups excluding carboxylic acids is 1. The van der Waals surface area contributed by atoms with Crippen molar-refractivity contribution in [2.45, 2.75) is 39.2 Å². The van der Waals surface area contributed by atoms with Crippen LogP contribution in [0.5, 0.6) is 5.75 Å². The standard InChI is InChI=1S/C26H29N5O2S/c1-17-7-9-21(10-8-17)31-25-24(18(2)29-31)34-26(28-25)30-13-11-20(12-14-30)27-23(32)16-19-5-4-6-22(15-19)33-3/h4-10,15,20H,11-14,16H2,1-3H3,(H,27,32). The van der Waals surface area contributed by atoms with Gasteiger partial charge in [-0.05, 0) is 56.5 Å². The maximum absolute atomic E-state index is 12.6. The van der Waals surface area contributed by atoms with E-state index in [9.17, 15) is 4.79 Å². The first kappa shape index (κ1) is 22.4. The minimum atomic E-state index is 0.0560. The van der Waals surface area contributed by atoms with E-state index in [0.717, 1.165) is 64.1 Å². The molecule has 7 nitrogen and oxygen atoms in total. The normalized spacial score (nSPS) is 14.5. The van der Waals surface area contributed by atoms with Crippen LogP contribution in [0.3, 0.4) is 0 Å². The number of benzene rings is 2. The molecule has 0 aliphatic carbocycles. The van der Waals surface area contributed by atoms with E-state index in [4.69, 9.17) is 14.8 Å². The fourth-order valence-electron chi connectivity index (χ4n) is 4.39. The molecule has 1 aliphatic rings. The molecule has 4 aromatic rings. The largest absolute Gasteiger partial charge is 0.497 e. The van der Waals surface area contributed by atoms with Crippen molar-refractivity contribution in [3.63, 3.8) is 0 Å². The minimum Gasteiger partial charge on any atom is -0.497 e. The molecule has 1 fully saturated rings. The lowest BCUT2D eigenvalue weighted by Gasteiger charge is -2.32. The highest BCUT2D eigenvalue weighted by molar-refractivity contribution is 7.22. The van der Waals surface area contributed by atoms with Crippen LogP contribution in [0.25, 0.3) is 16.0 Å². The van der Waals surface area contributed by atoms with Crippen LogP contribution in [0.2, 0.25) is 0 Å². The average Bonchev–Trinajstić information content (AvgIpc) is 3.41. The summed E-state index contributed by atoms with van der Waals surface area (Å²) < 4.78 is 8.32. The van der Waals surface area contributed by atoms with Crippen molar-refractivity contribution in [3.8, 4) is 11.4 Å². The van der Waals surface area contributed by atoms with E-state index in [1.165, 1.54) is 5.56 Å². The number of carbonyl (C=O) groups is 1. The van der Waals surface area contributed by atoms with E-state index in [2.05, 4.69) is 41.4 Å². The van der Waals surface area contributed by atoms with Crippen molar-refractivity contribution in [3.05, 3.63) is 65.4 Å². The number of fused-ring (bicyclic) bond motifs is 1. The molecule has 1 N–H and O–H groups in total. The van der Waals surface area contributed by atoms with E-state index in [1.54, 1.807) is 18.4 Å². The summed E-state index contributed by atoms with van der Waals surface area (Å²) >= 11 is 1.70. The van der Waals surface area contributed by atoms with Gasteiger partial charge in [0.05, 0.1) is 29.6 Å². The summed E-state index contributed by atoms with van der Waals surface area (Å²) in [5.74, 6) is 0.829. The molecule has 0 spiro atoms. The number of aromatic nitrogens is 3. The van der Waals surface area contributed by atoms with Gasteiger partial charge in [0.25, 0.3) is 0 Å². The second kappa shape index (κ2) is 9.46. The first-order valence-electron chi connectivity index (χ1n) is 11.6. The highest BCUT2D eigenvalue weighted by Gasteiger charge is 2.24. The van der Waals surface area contributed by atoms with E-state index in [1.807, 2.05) is 35.9 Å². The Morgan fingerprint density at radius 2 is 1.91 bits per heavy atom. The van der Waals surface area contributed by atoms with Crippen molar-refractivity contribution in [1.29, 1.82) is 0 Å². The third-order valence-electron chi connectivity index (χ3n) is 6.29. The lowest BCUT2D eigenvalue weighted by molar-refractivity contribution is -0.121. The maximum Gasteiger partial charge on any atom is 0.224 e. The second-order valence-electron chi connectivity index (χ2n) is 8.84. The van der Waals surface area contributed by atoms with Gasteiger partial charge >= 0.3 is 0 Å². The third kappa shape index (κ3) is 4.63. The number of piperidine rings is 1. The molecule has 0 radical (unpaired) electrons. The van der Waals surface area contributed by atoms with Crippen LogP contribution in [-0.4, -0.2) is 46.9 Å². The SMILES string of the molecule is COc1cccc(CC(=O)NC2CCN(c3nc4c(s3)c(C)nn4-c3ccc(C)cc3)CC2)c1. The van der Waals surface area contributed by atoms with Crippen LogP contribution in [0.1, 0.15) is 29.7 Å². The minimum absolute atomic E-state index is 0.0560. The lowest BCUT2D eigenvalue weighted by Crippen LogP contribution is -2.45. The summed E-state index contributed by atoms with van der Waals surface area (Å²) in [6.07, 6.45) is 2.18. The van der Waals surface area contributed by atoms with Gasteiger partial charge in [0.15, 0.2) is 10.8 Å². The summed E-state index contributed by atoms with van der Waals surface area (Å²) in [4.78, 5) is 19.8. The second-order valence-corrected chi connectivity index (χ2v) is 9.82. The molecular weight excluding hydrogens is 446 g/mol. The number of ether oxygens (including phenoxy) is 1. The quantitative estimate of drug-likeness (QED) is 0.447. The van der Waals surface area contributed by atoms with E-state index in [-0.39, 0.29) is 11.9 Å². The Labute approximate surface area is 203 Å². The highest BCUT2D eigenvalue weighted by Crippen LogP contribution is 2.33. The molecule has 8 heteroatoms. The number of rotatable bonds is 6. The van der Waals surface area contributed by atoms with Crippen molar-refractivity contribution >= 4 is 32.7 Å². The van der Waals surface area contributed by atoms with Gasteiger partial charge in [0, 0.05) is 19.1 Å². The van der Waals surface area contributed by atoms with Gasteiger partial charge in [-0.25, -0.2) is 4.68 Å². The van der Waals surface area contributed by atoms with Gasteiger partial charge in [-0.1, -0.05) is 41.2 Å². The van der Waals surface area contributed by atoms with Crippen molar-refractivity contribution < 1.29 is 9.53 Å². The first-order chi connectivity index (χ1) is 16.5. The molecule has 2 aromatic heterocycles. The molecule has 34 heavy (non-hydrogen) atoms. The molecule has 176 valence electrons. The molecular formula is C26H29N5O2S. The first-order valence-corrected chi connectivity index (χ1v) is 12.4. The topological polar surface area (TPSA) is 72.3 Å². The molecule has 2 aromatic carbocycles. The number of methoxy groups -OCH3 is 1. The van der Waals surface area contributed by atoms with Crippen LogP contribution in [0, 0.1) is 13.8 Å². The van der Waals surface area contributed by atoms with Gasteiger partial charge in [-0.15, -0.1) is 0 Å². The Kier molecular flexibility index (Phi) is 6.24. The zero-order valence-corrected chi connectivity index (χ0v) is 20.6. The fraction of sp³-hybridized carbons (Fsp3) is 0.346. The fourth-order valence-corrected chi connectivity index (χ4v) is 5.42. The zero-order valence-electron chi connectivity index (χ0n) is 19.7. The number of nitrogens with zero attached hydrogens (tertiary/aromatic N) is 4. The molecule has 3 heterocycles. The summed E-state index contributed by atoms with van der Waals surface area (Å²) in [6.45, 7) is 5.87. The molecule has 0 unspecified atom stereocenters. The van der Waals surface area contributed by atoms with Gasteiger partial charge in [0.2, 0.25) is 5.91 Å². The maximum atomic E-state index is 12.6. The monoisotopic (exact) mass is 475 g/mol. The Morgan fingerprint density at radius 1 is 1.15 bits per heavy atom. The number of thiazole rings is 1. The van der Waals surface area contributed by atoms with Crippen molar-refractivity contribution in [2.24, 2.45) is 0 Å². The summed E-state index contributed by atoms with van der Waals surface area (Å²) in [5.41, 5.74) is 5.12. The predicted molar refractivity (Wildman–Crippen MR) is 136 cm³/mol. The summed E-state index contributed by atoms with van der Waals surface area (Å²) in [6, 6.07) is 16.2. The van der Waals surface area contributed by atoms with E-state index < -0.39 is 0 Å². The predicted octanol–water partition coefficient (Wildman–Crippen LogP) is 4.44. The molecule has 0 bridgehead atoms. The lowest BCUT2D eigenvalue weighted by atomic mass is 10.0. The van der Waals surface area contributed by atoms with Crippen LogP contribution in [-0.2, 0) is 11.2 Å². The van der Waals surface area contributed by atoms with Crippen molar-refractivity contribution in [1.82, 2.24) is 20.1 Å². The molecule has 5 rings (SSSR count). The average molecular weight is 476 g/mol.